The van der Waals surface area contributed by atoms with E-state index >= 15 is 0 Å². The van der Waals surface area contributed by atoms with Crippen LogP contribution in [-0.2, 0) is 25.6 Å². The second-order valence-corrected chi connectivity index (χ2v) is 24.1. The first kappa shape index (κ1) is 80.1. The van der Waals surface area contributed by atoms with Crippen LogP contribution in [0.5, 0.6) is 57.5 Å². The van der Waals surface area contributed by atoms with Gasteiger partial charge in [0, 0.05) is 90.5 Å². The molecule has 4 aromatic heterocycles. The lowest BCUT2D eigenvalue weighted by Crippen LogP contribution is -2.23. The van der Waals surface area contributed by atoms with E-state index in [2.05, 4.69) is 41.2 Å². The number of fused-ring (bicyclic) bond motifs is 4. The zero-order chi connectivity index (χ0) is 81.0. The van der Waals surface area contributed by atoms with Crippen LogP contribution in [0.4, 0.5) is 71.1 Å². The van der Waals surface area contributed by atoms with Gasteiger partial charge in [-0.25, -0.2) is 50.5 Å². The number of aromatic amines is 1. The van der Waals surface area contributed by atoms with Crippen molar-refractivity contribution in [3.05, 3.63) is 294 Å². The number of ketones is 3. The van der Waals surface area contributed by atoms with Crippen LogP contribution in [0.2, 0.25) is 0 Å². The quantitative estimate of drug-likeness (QED) is 0.0175. The van der Waals surface area contributed by atoms with E-state index in [9.17, 15) is 74.9 Å². The number of anilines is 5. The zero-order valence-corrected chi connectivity index (χ0v) is 59.2. The third-order valence-electron chi connectivity index (χ3n) is 16.4. The maximum atomic E-state index is 14.8. The molecule has 0 bridgehead atoms. The predicted molar refractivity (Wildman–Crippen MR) is 400 cm³/mol. The summed E-state index contributed by atoms with van der Waals surface area (Å²) in [6, 6.07) is 30.9. The van der Waals surface area contributed by atoms with Crippen molar-refractivity contribution in [2.75, 3.05) is 79.6 Å². The number of benzene rings is 6. The lowest BCUT2D eigenvalue weighted by Gasteiger charge is -2.20. The number of ether oxygens (including phenoxy) is 7. The van der Waals surface area contributed by atoms with Gasteiger partial charge in [0.2, 0.25) is 28.4 Å². The number of non-ortho nitro benzene ring substituents is 2. The third kappa shape index (κ3) is 20.5. The van der Waals surface area contributed by atoms with Gasteiger partial charge in [-0.15, -0.1) is 0 Å². The van der Waals surface area contributed by atoms with Gasteiger partial charge in [-0.2, -0.15) is 0 Å². The van der Waals surface area contributed by atoms with Crippen LogP contribution in [0.25, 0.3) is 11.1 Å². The topological polar surface area (TPSA) is 385 Å². The number of rotatable bonds is 14. The molecule has 0 saturated carbocycles. The highest BCUT2D eigenvalue weighted by Gasteiger charge is 2.29. The first-order chi connectivity index (χ1) is 55.0. The SMILES string of the molecule is Nc1ccc(Oc2ccnc3c2OCCN3)c(F)c1.O=C(Cc1ccc(Oc2ccnc3c2OCCN3)c(F)c1)C1=CCC=C(c2ccc(F)cc2)C1=O.O=C(O)C1=CCC=C(c2ccc(F)cc2)C1=O.O=[N+]([O-])c1ccc(F)c(F)c1.O=[N+]([O-])c1ccc(Oc2ccnc3c2OCCN3)c(F)c1.O=c1cc[nH]c2c1OCCN2. The number of nitro groups is 2. The Bertz CT molecular complexity index is 5520. The van der Waals surface area contributed by atoms with Crippen molar-refractivity contribution in [3.8, 4) is 57.5 Å². The molecule has 35 heteroatoms. The van der Waals surface area contributed by atoms with Crippen molar-refractivity contribution >= 4 is 74.8 Å². The van der Waals surface area contributed by atoms with E-state index in [0.29, 0.717) is 168 Å². The standard InChI is InChI=1S/C27H20F2N2O4.C13H10FN3O4.C13H12FN3O2.C13H9FO3.C7H8N2O2.C6H3F2NO2/c28-18-7-5-17(6-8-18)19-2-1-3-20(25(19)33)22(32)15-16-4-9-23(21(29)14-16)35-24-10-11-30-27-26(24)34-13-12-31-27;14-9-7-8(17(18)19)1-2-10(9)21-11-3-4-15-13-12(11)20-6-5-16-13;14-9-7-8(15)1-2-10(9)19-11-3-4-16-13-12(11)18-6-5-17-13;14-9-6-4-8(5-7-9)10-2-1-3-11(12(10)15)13(16)17;10-5-1-2-8-7-6(5)11-4-3-9-7;7-5-2-1-4(9(10)11)3-6(5)8/h2-11,14H,1,12-13,15H2,(H,30,31);1-4,7H,5-6H2,(H,15,16);1-4,7H,5-6,15H2,(H,16,17);2-7H,1H2,(H,16,17);1-2H,3-4H2,(H2,8,9,10);1-3H. The van der Waals surface area contributed by atoms with E-state index in [4.69, 9.17) is 44.0 Å². The van der Waals surface area contributed by atoms with E-state index in [1.807, 2.05) is 0 Å². The molecule has 0 saturated heterocycles. The number of nitrogens with one attached hydrogen (secondary N) is 5. The molecule has 2 aliphatic carbocycles. The number of halogens is 7. The van der Waals surface area contributed by atoms with Crippen LogP contribution in [0.1, 0.15) is 29.5 Å². The molecule has 10 aromatic rings. The number of carbonyl (C=O) groups is 4. The van der Waals surface area contributed by atoms with Crippen LogP contribution in [0.15, 0.2) is 211 Å². The number of H-pyrrole nitrogens is 1. The molecule has 0 spiro atoms. The molecule has 6 aliphatic rings. The number of carbonyl (C=O) groups excluding carboxylic acids is 3. The summed E-state index contributed by atoms with van der Waals surface area (Å²) < 4.78 is 131. The van der Waals surface area contributed by atoms with Gasteiger partial charge in [-0.3, -0.25) is 39.4 Å². The second-order valence-electron chi connectivity index (χ2n) is 24.1. The summed E-state index contributed by atoms with van der Waals surface area (Å²) in [5.74, 6) is -2.72. The maximum Gasteiger partial charge on any atom is 0.339 e. The summed E-state index contributed by atoms with van der Waals surface area (Å²) in [6.07, 6.45) is 13.1. The van der Waals surface area contributed by atoms with Crippen LogP contribution in [0, 0.1) is 60.9 Å². The minimum absolute atomic E-state index is 0.0294. The second kappa shape index (κ2) is 37.5. The first-order valence-electron chi connectivity index (χ1n) is 34.2. The van der Waals surface area contributed by atoms with Gasteiger partial charge < -0.3 is 70.2 Å². The predicted octanol–water partition coefficient (Wildman–Crippen LogP) is 14.4. The molecule has 28 nitrogen and oxygen atoms in total. The number of carboxylic acid groups (broad SMARTS) is 1. The third-order valence-corrected chi connectivity index (χ3v) is 16.4. The fourth-order valence-corrected chi connectivity index (χ4v) is 11.1. The normalized spacial score (nSPS) is 13.7. The number of nitrogens with two attached hydrogens (primary N) is 1. The molecule has 16 rings (SSSR count). The molecule has 114 heavy (non-hydrogen) atoms. The summed E-state index contributed by atoms with van der Waals surface area (Å²) in [5, 5.41) is 41.6. The number of hydrogen-bond acceptors (Lipinski definition) is 24. The fourth-order valence-electron chi connectivity index (χ4n) is 11.1. The van der Waals surface area contributed by atoms with E-state index < -0.39 is 79.6 Å². The minimum Gasteiger partial charge on any atom is -0.485 e. The number of nitrogen functional groups attached to an aromatic ring is 1. The summed E-state index contributed by atoms with van der Waals surface area (Å²) in [6.45, 7) is 4.60. The number of hydrogen-bond donors (Lipinski definition) is 7. The number of aliphatic carboxylic acids is 1. The van der Waals surface area contributed by atoms with Gasteiger partial charge in [0.05, 0.1) is 53.7 Å². The molecule has 0 fully saturated rings. The number of aromatic nitrogens is 4. The highest BCUT2D eigenvalue weighted by molar-refractivity contribution is 6.39. The summed E-state index contributed by atoms with van der Waals surface area (Å²) >= 11 is 0. The lowest BCUT2D eigenvalue weighted by atomic mass is 9.88. The molecule has 6 aromatic carbocycles. The minimum atomic E-state index is -1.23. The molecule has 0 unspecified atom stereocenters. The number of carboxylic acids is 1. The molecular formula is C79H62F7N11O17. The van der Waals surface area contributed by atoms with E-state index in [-0.39, 0.29) is 45.9 Å². The Labute approximate surface area is 640 Å². The average molecular weight is 1570 g/mol. The van der Waals surface area contributed by atoms with Crippen molar-refractivity contribution in [2.24, 2.45) is 0 Å². The molecule has 4 aliphatic heterocycles. The van der Waals surface area contributed by atoms with Crippen molar-refractivity contribution in [1.29, 1.82) is 0 Å². The molecule has 0 radical (unpaired) electrons. The lowest BCUT2D eigenvalue weighted by molar-refractivity contribution is -0.385. The first-order valence-corrected chi connectivity index (χ1v) is 34.2. The van der Waals surface area contributed by atoms with Gasteiger partial charge in [0.1, 0.15) is 43.6 Å². The summed E-state index contributed by atoms with van der Waals surface area (Å²) in [5.41, 5.74) is 6.92. The van der Waals surface area contributed by atoms with Crippen molar-refractivity contribution in [1.82, 2.24) is 19.9 Å². The highest BCUT2D eigenvalue weighted by Crippen LogP contribution is 2.42. The Balaban J connectivity index is 0.000000142. The van der Waals surface area contributed by atoms with E-state index in [1.165, 1.54) is 116 Å². The Kier molecular flexibility index (Phi) is 26.3. The van der Waals surface area contributed by atoms with Crippen LogP contribution < -0.4 is 65.6 Å². The number of nitro benzene ring substituents is 2. The van der Waals surface area contributed by atoms with Crippen LogP contribution in [-0.4, -0.2) is 111 Å². The Hall–Kier alpha value is -14.9. The van der Waals surface area contributed by atoms with Gasteiger partial charge in [0.15, 0.2) is 104 Å². The summed E-state index contributed by atoms with van der Waals surface area (Å²) in [7, 11) is 0. The van der Waals surface area contributed by atoms with Crippen LogP contribution >= 0.6 is 0 Å². The zero-order valence-electron chi connectivity index (χ0n) is 59.2. The Morgan fingerprint density at radius 3 is 1.33 bits per heavy atom. The number of Topliss-reactive ketones (excluding diaryl/α,β-unsaturated/α-hetero) is 3. The van der Waals surface area contributed by atoms with Crippen molar-refractivity contribution in [2.45, 2.75) is 19.3 Å². The highest BCUT2D eigenvalue weighted by atomic mass is 19.2. The maximum absolute atomic E-state index is 14.8. The van der Waals surface area contributed by atoms with Crippen molar-refractivity contribution < 1.29 is 98.0 Å². The molecule has 584 valence electrons. The molecule has 0 atom stereocenters. The van der Waals surface area contributed by atoms with Gasteiger partial charge >= 0.3 is 5.97 Å². The van der Waals surface area contributed by atoms with E-state index in [0.717, 1.165) is 18.7 Å². The number of nitrogens with zero attached hydrogens (tertiary/aromatic N) is 5. The van der Waals surface area contributed by atoms with E-state index in [1.54, 1.807) is 54.9 Å². The molecule has 0 amide bonds. The molecular weight excluding hydrogens is 1510 g/mol. The smallest absolute Gasteiger partial charge is 0.339 e. The van der Waals surface area contributed by atoms with Crippen LogP contribution in [0.3, 0.4) is 0 Å². The van der Waals surface area contributed by atoms with Gasteiger partial charge in [-0.05, 0) is 90.2 Å². The number of pyridine rings is 4. The Morgan fingerprint density at radius 2 is 0.886 bits per heavy atom. The number of allylic oxidation sites excluding steroid dienone is 7. The molecule has 8 heterocycles. The summed E-state index contributed by atoms with van der Waals surface area (Å²) in [4.78, 5) is 93.9. The van der Waals surface area contributed by atoms with Gasteiger partial charge in [-0.1, -0.05) is 54.6 Å². The largest absolute Gasteiger partial charge is 0.485 e. The van der Waals surface area contributed by atoms with Gasteiger partial charge in [0.25, 0.3) is 11.4 Å². The van der Waals surface area contributed by atoms with Crippen molar-refractivity contribution in [3.63, 3.8) is 0 Å². The molecule has 8 N–H and O–H groups in total. The fraction of sp³-hybridized carbons (Fsp3) is 0.139. The monoisotopic (exact) mass is 1570 g/mol. The average Bonchev–Trinajstić information content (AvgIpc) is 0.820. The Morgan fingerprint density at radius 1 is 0.465 bits per heavy atom.